The smallest absolute Gasteiger partial charge is 0.0566 e. The standard InChI is InChI=1S/C9H11N3.C2H6/c1-4-9(7(2)10-3)8-5-11-12-6-8;1-2/h4-6H,1,3H2,2H3,(H,11,12);1-2H3/b9-7+;. The van der Waals surface area contributed by atoms with Crippen molar-refractivity contribution in [2.24, 2.45) is 4.99 Å². The first-order valence-electron chi connectivity index (χ1n) is 4.58. The van der Waals surface area contributed by atoms with Crippen molar-refractivity contribution in [3.05, 3.63) is 36.3 Å². The number of aromatic amines is 1. The van der Waals surface area contributed by atoms with Crippen LogP contribution in [-0.4, -0.2) is 16.9 Å². The first-order valence-corrected chi connectivity index (χ1v) is 4.58. The topological polar surface area (TPSA) is 41.0 Å². The van der Waals surface area contributed by atoms with Gasteiger partial charge in [-0.05, 0) is 13.6 Å². The molecule has 0 aliphatic carbocycles. The molecule has 0 spiro atoms. The molecular weight excluding hydrogens is 174 g/mol. The van der Waals surface area contributed by atoms with Crippen LogP contribution in [0.15, 0.2) is 35.7 Å². The molecule has 0 aromatic carbocycles. The Morgan fingerprint density at radius 1 is 1.57 bits per heavy atom. The summed E-state index contributed by atoms with van der Waals surface area (Å²) in [5.74, 6) is 0. The van der Waals surface area contributed by atoms with Crippen LogP contribution in [0.5, 0.6) is 0 Å². The molecule has 0 atom stereocenters. The second-order valence-corrected chi connectivity index (χ2v) is 2.35. The molecule has 0 unspecified atom stereocenters. The minimum absolute atomic E-state index is 0.853. The van der Waals surface area contributed by atoms with E-state index < -0.39 is 0 Å². The van der Waals surface area contributed by atoms with Crippen LogP contribution in [-0.2, 0) is 0 Å². The van der Waals surface area contributed by atoms with Crippen molar-refractivity contribution in [2.45, 2.75) is 20.8 Å². The quantitative estimate of drug-likeness (QED) is 0.579. The van der Waals surface area contributed by atoms with Crippen molar-refractivity contribution in [3.63, 3.8) is 0 Å². The molecule has 0 amide bonds. The molecule has 0 bridgehead atoms. The third-order valence-electron chi connectivity index (χ3n) is 1.64. The molecule has 0 saturated heterocycles. The van der Waals surface area contributed by atoms with Gasteiger partial charge in [-0.15, -0.1) is 0 Å². The van der Waals surface area contributed by atoms with Crippen LogP contribution in [0.1, 0.15) is 26.3 Å². The normalized spacial score (nSPS) is 10.8. The van der Waals surface area contributed by atoms with E-state index >= 15 is 0 Å². The fourth-order valence-electron chi connectivity index (χ4n) is 0.958. The van der Waals surface area contributed by atoms with E-state index in [9.17, 15) is 0 Å². The molecule has 1 N–H and O–H groups in total. The lowest BCUT2D eigenvalue weighted by Crippen LogP contribution is -1.80. The lowest BCUT2D eigenvalue weighted by molar-refractivity contribution is 1.09. The Bertz CT molecular complexity index is 307. The molecular formula is C11H17N3. The monoisotopic (exact) mass is 191 g/mol. The first kappa shape index (κ1) is 12.4. The minimum atomic E-state index is 0.853. The maximum Gasteiger partial charge on any atom is 0.0566 e. The van der Waals surface area contributed by atoms with E-state index in [4.69, 9.17) is 0 Å². The minimum Gasteiger partial charge on any atom is -0.285 e. The molecule has 1 aromatic rings. The average Bonchev–Trinajstić information content (AvgIpc) is 2.75. The van der Waals surface area contributed by atoms with Gasteiger partial charge in [-0.3, -0.25) is 10.1 Å². The van der Waals surface area contributed by atoms with E-state index in [0.717, 1.165) is 16.8 Å². The first-order chi connectivity index (χ1) is 6.79. The van der Waals surface area contributed by atoms with Crippen LogP contribution in [0.2, 0.25) is 0 Å². The Hall–Kier alpha value is -1.64. The van der Waals surface area contributed by atoms with Crippen molar-refractivity contribution in [3.8, 4) is 0 Å². The van der Waals surface area contributed by atoms with Gasteiger partial charge >= 0.3 is 0 Å². The third kappa shape index (κ3) is 3.01. The zero-order valence-electron chi connectivity index (χ0n) is 9.04. The number of aliphatic imine (C=N–C) groups is 1. The number of rotatable bonds is 3. The zero-order valence-corrected chi connectivity index (χ0v) is 9.04. The molecule has 1 rings (SSSR count). The molecule has 0 aliphatic rings. The van der Waals surface area contributed by atoms with Gasteiger partial charge < -0.3 is 0 Å². The maximum absolute atomic E-state index is 3.84. The van der Waals surface area contributed by atoms with Crippen molar-refractivity contribution < 1.29 is 0 Å². The predicted molar refractivity (Wildman–Crippen MR) is 62.3 cm³/mol. The summed E-state index contributed by atoms with van der Waals surface area (Å²) in [5, 5.41) is 6.57. The number of hydrogen-bond acceptors (Lipinski definition) is 2. The van der Waals surface area contributed by atoms with Gasteiger partial charge in [0.15, 0.2) is 0 Å². The molecule has 3 nitrogen and oxygen atoms in total. The summed E-state index contributed by atoms with van der Waals surface area (Å²) in [7, 11) is 0. The molecule has 0 saturated carbocycles. The number of nitrogens with one attached hydrogen (secondary N) is 1. The molecule has 0 radical (unpaired) electrons. The number of hydrogen-bond donors (Lipinski definition) is 1. The van der Waals surface area contributed by atoms with Crippen LogP contribution in [0, 0.1) is 0 Å². The summed E-state index contributed by atoms with van der Waals surface area (Å²) in [6.07, 6.45) is 5.27. The fourth-order valence-corrected chi connectivity index (χ4v) is 0.958. The fraction of sp³-hybridized carbons (Fsp3) is 0.273. The van der Waals surface area contributed by atoms with Gasteiger partial charge in [-0.1, -0.05) is 26.5 Å². The van der Waals surface area contributed by atoms with Crippen molar-refractivity contribution >= 4 is 12.3 Å². The summed E-state index contributed by atoms with van der Waals surface area (Å²) in [4.78, 5) is 3.83. The zero-order chi connectivity index (χ0) is 11.0. The van der Waals surface area contributed by atoms with Gasteiger partial charge in [0, 0.05) is 23.0 Å². The van der Waals surface area contributed by atoms with Crippen molar-refractivity contribution in [1.82, 2.24) is 10.2 Å². The molecule has 14 heavy (non-hydrogen) atoms. The summed E-state index contributed by atoms with van der Waals surface area (Å²) in [5.41, 5.74) is 2.79. The molecule has 1 aromatic heterocycles. The van der Waals surface area contributed by atoms with Crippen LogP contribution < -0.4 is 0 Å². The Morgan fingerprint density at radius 3 is 2.57 bits per heavy atom. The second-order valence-electron chi connectivity index (χ2n) is 2.35. The Kier molecular flexibility index (Phi) is 6.03. The van der Waals surface area contributed by atoms with E-state index in [0.29, 0.717) is 0 Å². The Morgan fingerprint density at radius 2 is 2.21 bits per heavy atom. The van der Waals surface area contributed by atoms with E-state index in [1.165, 1.54) is 0 Å². The van der Waals surface area contributed by atoms with Gasteiger partial charge in [0.2, 0.25) is 0 Å². The van der Waals surface area contributed by atoms with Crippen LogP contribution >= 0.6 is 0 Å². The molecule has 0 aliphatic heterocycles. The highest BCUT2D eigenvalue weighted by Crippen LogP contribution is 2.18. The number of H-pyrrole nitrogens is 1. The number of allylic oxidation sites excluding steroid dienone is 3. The SMILES string of the molecule is C=C/C(=C(/C)N=C)c1cn[nH]c1.CC. The van der Waals surface area contributed by atoms with Gasteiger partial charge in [0.1, 0.15) is 0 Å². The lowest BCUT2D eigenvalue weighted by Gasteiger charge is -1.99. The second kappa shape index (κ2) is 6.83. The van der Waals surface area contributed by atoms with Gasteiger partial charge in [-0.25, -0.2) is 0 Å². The van der Waals surface area contributed by atoms with E-state index in [-0.39, 0.29) is 0 Å². The number of nitrogens with zero attached hydrogens (tertiary/aromatic N) is 2. The highest BCUT2D eigenvalue weighted by molar-refractivity contribution is 5.75. The molecule has 1 heterocycles. The largest absolute Gasteiger partial charge is 0.285 e. The molecule has 3 heteroatoms. The Balaban J connectivity index is 0.000000791. The van der Waals surface area contributed by atoms with E-state index in [1.54, 1.807) is 18.5 Å². The summed E-state index contributed by atoms with van der Waals surface area (Å²) in [6, 6.07) is 0. The highest BCUT2D eigenvalue weighted by atomic mass is 15.1. The van der Waals surface area contributed by atoms with Crippen molar-refractivity contribution in [2.75, 3.05) is 0 Å². The molecule has 76 valence electrons. The summed E-state index contributed by atoms with van der Waals surface area (Å²) < 4.78 is 0. The summed E-state index contributed by atoms with van der Waals surface area (Å²) >= 11 is 0. The van der Waals surface area contributed by atoms with Crippen LogP contribution in [0.3, 0.4) is 0 Å². The highest BCUT2D eigenvalue weighted by Gasteiger charge is 2.01. The van der Waals surface area contributed by atoms with Gasteiger partial charge in [-0.2, -0.15) is 5.10 Å². The lowest BCUT2D eigenvalue weighted by atomic mass is 10.1. The summed E-state index contributed by atoms with van der Waals surface area (Å²) in [6.45, 7) is 13.0. The Labute approximate surface area is 85.3 Å². The molecule has 0 fully saturated rings. The van der Waals surface area contributed by atoms with Crippen LogP contribution in [0.4, 0.5) is 0 Å². The maximum atomic E-state index is 3.84. The van der Waals surface area contributed by atoms with Gasteiger partial charge in [0.25, 0.3) is 0 Å². The predicted octanol–water partition coefficient (Wildman–Crippen LogP) is 3.05. The van der Waals surface area contributed by atoms with Gasteiger partial charge in [0.05, 0.1) is 6.20 Å². The van der Waals surface area contributed by atoms with E-state index in [2.05, 4.69) is 28.5 Å². The van der Waals surface area contributed by atoms with E-state index in [1.807, 2.05) is 20.8 Å². The number of aromatic nitrogens is 2. The van der Waals surface area contributed by atoms with Crippen LogP contribution in [0.25, 0.3) is 5.57 Å². The average molecular weight is 191 g/mol. The third-order valence-corrected chi connectivity index (χ3v) is 1.64. The van der Waals surface area contributed by atoms with Crippen molar-refractivity contribution in [1.29, 1.82) is 0 Å².